The molecule has 1 aromatic carbocycles. The van der Waals surface area contributed by atoms with E-state index in [1.54, 1.807) is 12.1 Å². The van der Waals surface area contributed by atoms with Gasteiger partial charge in [-0.3, -0.25) is 4.79 Å². The molecule has 0 aliphatic rings. The van der Waals surface area contributed by atoms with Crippen molar-refractivity contribution in [3.63, 3.8) is 0 Å². The van der Waals surface area contributed by atoms with Crippen LogP contribution in [0.25, 0.3) is 0 Å². The Labute approximate surface area is 141 Å². The van der Waals surface area contributed by atoms with Crippen molar-refractivity contribution in [2.45, 2.75) is 6.42 Å². The molecule has 7 nitrogen and oxygen atoms in total. The standard InChI is InChI=1S/C16H19N3O4S/c1-24(21,22)19(10-9-14-6-3-2-4-7-14)13-16(20)18-17-12-15-8-5-11-23-15/h2-8,11-12H,9-10,13H2,1H3,(H,18,20)/b17-12+. The Morgan fingerprint density at radius 3 is 2.62 bits per heavy atom. The van der Waals surface area contributed by atoms with Gasteiger partial charge < -0.3 is 4.42 Å². The number of furan rings is 1. The zero-order valence-corrected chi connectivity index (χ0v) is 14.1. The molecule has 24 heavy (non-hydrogen) atoms. The first-order valence-electron chi connectivity index (χ1n) is 7.29. The van der Waals surface area contributed by atoms with Crippen LogP contribution >= 0.6 is 0 Å². The SMILES string of the molecule is CS(=O)(=O)N(CCc1ccccc1)CC(=O)N/N=C/c1ccco1. The summed E-state index contributed by atoms with van der Waals surface area (Å²) < 4.78 is 29.8. The summed E-state index contributed by atoms with van der Waals surface area (Å²) >= 11 is 0. The smallest absolute Gasteiger partial charge is 0.255 e. The van der Waals surface area contributed by atoms with Gasteiger partial charge >= 0.3 is 0 Å². The summed E-state index contributed by atoms with van der Waals surface area (Å²) in [6.45, 7) is -0.0701. The second-order valence-corrected chi connectivity index (χ2v) is 7.12. The Balaban J connectivity index is 1.89. The quantitative estimate of drug-likeness (QED) is 0.573. The lowest BCUT2D eigenvalue weighted by Gasteiger charge is -2.18. The van der Waals surface area contributed by atoms with Crippen molar-refractivity contribution in [1.82, 2.24) is 9.73 Å². The van der Waals surface area contributed by atoms with Crippen molar-refractivity contribution in [2.75, 3.05) is 19.3 Å². The van der Waals surface area contributed by atoms with Crippen molar-refractivity contribution < 1.29 is 17.6 Å². The lowest BCUT2D eigenvalue weighted by molar-refractivity contribution is -0.121. The van der Waals surface area contributed by atoms with Gasteiger partial charge in [-0.05, 0) is 24.1 Å². The highest BCUT2D eigenvalue weighted by Crippen LogP contribution is 2.04. The van der Waals surface area contributed by atoms with E-state index in [-0.39, 0.29) is 13.1 Å². The Hall–Kier alpha value is -2.45. The largest absolute Gasteiger partial charge is 0.463 e. The molecule has 0 fully saturated rings. The zero-order chi connectivity index (χ0) is 17.4. The number of nitrogens with zero attached hydrogens (tertiary/aromatic N) is 2. The van der Waals surface area contributed by atoms with E-state index in [1.165, 1.54) is 12.5 Å². The van der Waals surface area contributed by atoms with Gasteiger partial charge in [-0.25, -0.2) is 13.8 Å². The summed E-state index contributed by atoms with van der Waals surface area (Å²) in [5.74, 6) is -0.0318. The number of hydrazone groups is 1. The predicted octanol–water partition coefficient (Wildman–Crippen LogP) is 1.23. The number of amides is 1. The number of hydrogen-bond acceptors (Lipinski definition) is 5. The fourth-order valence-corrected chi connectivity index (χ4v) is 2.76. The number of sulfonamides is 1. The first kappa shape index (κ1) is 17.9. The predicted molar refractivity (Wildman–Crippen MR) is 91.0 cm³/mol. The minimum atomic E-state index is -3.50. The first-order valence-corrected chi connectivity index (χ1v) is 9.14. The molecule has 0 atom stereocenters. The molecule has 0 bridgehead atoms. The van der Waals surface area contributed by atoms with Gasteiger partial charge in [0.05, 0.1) is 25.3 Å². The molecule has 1 amide bonds. The average molecular weight is 349 g/mol. The molecular formula is C16H19N3O4S. The van der Waals surface area contributed by atoms with Gasteiger partial charge in [0.15, 0.2) is 0 Å². The maximum atomic E-state index is 11.9. The van der Waals surface area contributed by atoms with Crippen molar-refractivity contribution in [3.8, 4) is 0 Å². The molecule has 0 saturated carbocycles. The van der Waals surface area contributed by atoms with Crippen LogP contribution in [0.5, 0.6) is 0 Å². The minimum absolute atomic E-state index is 0.220. The molecule has 0 unspecified atom stereocenters. The van der Waals surface area contributed by atoms with E-state index in [1.807, 2.05) is 30.3 Å². The molecule has 0 radical (unpaired) electrons. The van der Waals surface area contributed by atoms with Gasteiger partial charge in [-0.1, -0.05) is 30.3 Å². The van der Waals surface area contributed by atoms with E-state index >= 15 is 0 Å². The van der Waals surface area contributed by atoms with Gasteiger partial charge in [0.2, 0.25) is 10.0 Å². The van der Waals surface area contributed by atoms with Gasteiger partial charge in [-0.15, -0.1) is 0 Å². The summed E-state index contributed by atoms with van der Waals surface area (Å²) in [5, 5.41) is 3.73. The molecule has 0 spiro atoms. The van der Waals surface area contributed by atoms with Crippen molar-refractivity contribution in [1.29, 1.82) is 0 Å². The molecular weight excluding hydrogens is 330 g/mol. The Kier molecular flexibility index (Phi) is 6.28. The third kappa shape index (κ3) is 5.98. The Morgan fingerprint density at radius 2 is 2.00 bits per heavy atom. The molecule has 1 aromatic heterocycles. The fourth-order valence-electron chi connectivity index (χ4n) is 1.99. The number of rotatable bonds is 8. The highest BCUT2D eigenvalue weighted by atomic mass is 32.2. The number of nitrogens with one attached hydrogen (secondary N) is 1. The van der Waals surface area contributed by atoms with E-state index in [0.29, 0.717) is 12.2 Å². The number of benzene rings is 1. The maximum Gasteiger partial charge on any atom is 0.255 e. The monoisotopic (exact) mass is 349 g/mol. The number of hydrogen-bond donors (Lipinski definition) is 1. The third-order valence-electron chi connectivity index (χ3n) is 3.21. The van der Waals surface area contributed by atoms with Crippen LogP contribution in [-0.4, -0.2) is 44.2 Å². The van der Waals surface area contributed by atoms with Gasteiger partial charge in [0.25, 0.3) is 5.91 Å². The Bertz CT molecular complexity index is 771. The fraction of sp³-hybridized carbons (Fsp3) is 0.250. The molecule has 0 saturated heterocycles. The van der Waals surface area contributed by atoms with Gasteiger partial charge in [-0.2, -0.15) is 9.41 Å². The Morgan fingerprint density at radius 1 is 1.25 bits per heavy atom. The topological polar surface area (TPSA) is 92.0 Å². The molecule has 2 rings (SSSR count). The van der Waals surface area contributed by atoms with Crippen LogP contribution in [0.3, 0.4) is 0 Å². The van der Waals surface area contributed by atoms with Gasteiger partial charge in [0.1, 0.15) is 5.76 Å². The third-order valence-corrected chi connectivity index (χ3v) is 4.46. The number of carbonyl (C=O) groups is 1. The molecule has 1 N–H and O–H groups in total. The second-order valence-electron chi connectivity index (χ2n) is 5.14. The second kappa shape index (κ2) is 8.42. The van der Waals surface area contributed by atoms with Gasteiger partial charge in [0, 0.05) is 6.54 Å². The van der Waals surface area contributed by atoms with E-state index < -0.39 is 15.9 Å². The van der Waals surface area contributed by atoms with Crippen LogP contribution in [0.2, 0.25) is 0 Å². The van der Waals surface area contributed by atoms with Crippen molar-refractivity contribution in [3.05, 3.63) is 60.1 Å². The van der Waals surface area contributed by atoms with Crippen LogP contribution in [0, 0.1) is 0 Å². The summed E-state index contributed by atoms with van der Waals surface area (Å²) in [6.07, 6.45) is 4.43. The van der Waals surface area contributed by atoms with Crippen LogP contribution in [0.1, 0.15) is 11.3 Å². The highest BCUT2D eigenvalue weighted by Gasteiger charge is 2.19. The maximum absolute atomic E-state index is 11.9. The van der Waals surface area contributed by atoms with Crippen LogP contribution in [0.15, 0.2) is 58.2 Å². The number of carbonyl (C=O) groups excluding carboxylic acids is 1. The molecule has 8 heteroatoms. The van der Waals surface area contributed by atoms with Crippen molar-refractivity contribution in [2.24, 2.45) is 5.10 Å². The lowest BCUT2D eigenvalue weighted by atomic mass is 10.1. The summed E-state index contributed by atoms with van der Waals surface area (Å²) in [6, 6.07) is 12.9. The summed E-state index contributed by atoms with van der Waals surface area (Å²) in [7, 11) is -3.50. The summed E-state index contributed by atoms with van der Waals surface area (Å²) in [4.78, 5) is 11.9. The van der Waals surface area contributed by atoms with E-state index in [9.17, 15) is 13.2 Å². The average Bonchev–Trinajstić information content (AvgIpc) is 3.04. The molecule has 0 aliphatic heterocycles. The van der Waals surface area contributed by atoms with Crippen molar-refractivity contribution >= 4 is 22.1 Å². The zero-order valence-electron chi connectivity index (χ0n) is 13.3. The lowest BCUT2D eigenvalue weighted by Crippen LogP contribution is -2.40. The van der Waals surface area contributed by atoms with Crippen LogP contribution in [-0.2, 0) is 21.2 Å². The molecule has 2 aromatic rings. The summed E-state index contributed by atoms with van der Waals surface area (Å²) in [5.41, 5.74) is 3.29. The van der Waals surface area contributed by atoms with Crippen LogP contribution < -0.4 is 5.43 Å². The first-order chi connectivity index (χ1) is 11.4. The highest BCUT2D eigenvalue weighted by molar-refractivity contribution is 7.88. The van der Waals surface area contributed by atoms with E-state index in [2.05, 4.69) is 10.5 Å². The van der Waals surface area contributed by atoms with E-state index in [4.69, 9.17) is 4.42 Å². The van der Waals surface area contributed by atoms with E-state index in [0.717, 1.165) is 16.1 Å². The normalized spacial score (nSPS) is 11.9. The molecule has 128 valence electrons. The molecule has 0 aliphatic carbocycles. The minimum Gasteiger partial charge on any atom is -0.463 e. The molecule has 1 heterocycles. The van der Waals surface area contributed by atoms with Crippen LogP contribution in [0.4, 0.5) is 0 Å².